The number of para-hydroxylation sites is 2. The van der Waals surface area contributed by atoms with Crippen LogP contribution in [0, 0.1) is 0 Å². The summed E-state index contributed by atoms with van der Waals surface area (Å²) in [4.78, 5) is 17.9. The normalized spacial score (nSPS) is 11.6. The highest BCUT2D eigenvalue weighted by atomic mass is 32.2. The smallest absolute Gasteiger partial charge is 0.243 e. The molecular weight excluding hydrogens is 552 g/mol. The maximum atomic E-state index is 13.2. The van der Waals surface area contributed by atoms with Crippen molar-refractivity contribution in [1.29, 1.82) is 0 Å². The van der Waals surface area contributed by atoms with E-state index in [4.69, 9.17) is 19.2 Å². The molecule has 1 N–H and O–H groups in total. The molecule has 0 bridgehead atoms. The van der Waals surface area contributed by atoms with Gasteiger partial charge in [0.05, 0.1) is 48.7 Å². The number of aromatic nitrogens is 2. The summed E-state index contributed by atoms with van der Waals surface area (Å²) < 4.78 is 45.8. The number of hydrogen-bond acceptors (Lipinski definition) is 8. The molecule has 3 aromatic carbocycles. The minimum Gasteiger partial charge on any atom is -0.497 e. The van der Waals surface area contributed by atoms with Gasteiger partial charge in [-0.25, -0.2) is 13.4 Å². The van der Waals surface area contributed by atoms with E-state index in [1.807, 2.05) is 28.8 Å². The van der Waals surface area contributed by atoms with Crippen LogP contribution in [-0.2, 0) is 14.8 Å². The van der Waals surface area contributed by atoms with E-state index in [-0.39, 0.29) is 16.6 Å². The fourth-order valence-electron chi connectivity index (χ4n) is 4.26. The highest BCUT2D eigenvalue weighted by Crippen LogP contribution is 2.34. The second kappa shape index (κ2) is 12.6. The van der Waals surface area contributed by atoms with Gasteiger partial charge in [-0.05, 0) is 30.3 Å². The molecule has 0 saturated carbocycles. The molecule has 0 aliphatic carbocycles. The van der Waals surface area contributed by atoms with Crippen LogP contribution in [0.2, 0.25) is 0 Å². The SMILES string of the molecule is CCN(CC)S(=O)(=O)c1ccc2c(c1)nc(SCC(=O)Nc1cc(OC)cc(OC)c1)n2-c1ccccc1OC. The van der Waals surface area contributed by atoms with Gasteiger partial charge in [-0.15, -0.1) is 0 Å². The summed E-state index contributed by atoms with van der Waals surface area (Å²) >= 11 is 1.22. The molecule has 0 spiro atoms. The zero-order chi connectivity index (χ0) is 28.9. The van der Waals surface area contributed by atoms with Gasteiger partial charge < -0.3 is 19.5 Å². The van der Waals surface area contributed by atoms with Crippen molar-refractivity contribution >= 4 is 44.4 Å². The number of ether oxygens (including phenoxy) is 3. The topological polar surface area (TPSA) is 112 Å². The molecule has 0 aliphatic rings. The fourth-order valence-corrected chi connectivity index (χ4v) is 6.56. The third kappa shape index (κ3) is 6.03. The first-order chi connectivity index (χ1) is 19.2. The van der Waals surface area contributed by atoms with Gasteiger partial charge in [-0.2, -0.15) is 4.31 Å². The average Bonchev–Trinajstić information content (AvgIpc) is 3.33. The monoisotopic (exact) mass is 584 g/mol. The molecule has 4 aromatic rings. The van der Waals surface area contributed by atoms with Crippen molar-refractivity contribution in [3.63, 3.8) is 0 Å². The van der Waals surface area contributed by atoms with Crippen LogP contribution in [0.5, 0.6) is 17.2 Å². The Balaban J connectivity index is 1.71. The van der Waals surface area contributed by atoms with Crippen molar-refractivity contribution in [2.75, 3.05) is 45.5 Å². The molecule has 0 radical (unpaired) electrons. The average molecular weight is 585 g/mol. The van der Waals surface area contributed by atoms with Crippen LogP contribution >= 0.6 is 11.8 Å². The minimum absolute atomic E-state index is 0.0442. The summed E-state index contributed by atoms with van der Waals surface area (Å²) in [6.45, 7) is 4.33. The number of sulfonamides is 1. The lowest BCUT2D eigenvalue weighted by molar-refractivity contribution is -0.113. The molecule has 0 atom stereocenters. The van der Waals surface area contributed by atoms with Crippen LogP contribution in [0.15, 0.2) is 70.7 Å². The number of benzene rings is 3. The van der Waals surface area contributed by atoms with Gasteiger partial charge in [0.1, 0.15) is 17.2 Å². The second-order valence-electron chi connectivity index (χ2n) is 8.58. The number of carbonyl (C=O) groups is 1. The summed E-state index contributed by atoms with van der Waals surface area (Å²) in [5, 5.41) is 3.37. The first-order valence-corrected chi connectivity index (χ1v) is 15.0. The number of imidazole rings is 1. The Kier molecular flexibility index (Phi) is 9.23. The number of carbonyl (C=O) groups excluding carboxylic acids is 1. The lowest BCUT2D eigenvalue weighted by atomic mass is 10.2. The van der Waals surface area contributed by atoms with Crippen LogP contribution in [0.1, 0.15) is 13.8 Å². The molecule has 1 aromatic heterocycles. The molecule has 0 aliphatic heterocycles. The summed E-state index contributed by atoms with van der Waals surface area (Å²) in [5.74, 6) is 1.49. The van der Waals surface area contributed by atoms with Gasteiger partial charge in [0.25, 0.3) is 0 Å². The molecule has 12 heteroatoms. The van der Waals surface area contributed by atoms with Crippen LogP contribution < -0.4 is 19.5 Å². The number of rotatable bonds is 12. The summed E-state index contributed by atoms with van der Waals surface area (Å²) in [5.41, 5.74) is 2.42. The summed E-state index contributed by atoms with van der Waals surface area (Å²) in [6.07, 6.45) is 0. The third-order valence-electron chi connectivity index (χ3n) is 6.23. The lowest BCUT2D eigenvalue weighted by Crippen LogP contribution is -2.30. The van der Waals surface area contributed by atoms with E-state index in [1.165, 1.54) is 30.3 Å². The number of nitrogens with zero attached hydrogens (tertiary/aromatic N) is 3. The number of fused-ring (bicyclic) bond motifs is 1. The molecule has 0 unspecified atom stereocenters. The Hall–Kier alpha value is -3.74. The van der Waals surface area contributed by atoms with E-state index in [0.717, 1.165) is 0 Å². The predicted molar refractivity (Wildman–Crippen MR) is 157 cm³/mol. The van der Waals surface area contributed by atoms with E-state index in [2.05, 4.69) is 5.32 Å². The largest absolute Gasteiger partial charge is 0.497 e. The van der Waals surface area contributed by atoms with Gasteiger partial charge in [-0.3, -0.25) is 9.36 Å². The molecule has 40 heavy (non-hydrogen) atoms. The zero-order valence-electron chi connectivity index (χ0n) is 23.0. The van der Waals surface area contributed by atoms with E-state index in [9.17, 15) is 13.2 Å². The van der Waals surface area contributed by atoms with Crippen molar-refractivity contribution < 1.29 is 27.4 Å². The van der Waals surface area contributed by atoms with E-state index >= 15 is 0 Å². The summed E-state index contributed by atoms with van der Waals surface area (Å²) in [6, 6.07) is 17.5. The van der Waals surface area contributed by atoms with Gasteiger partial charge >= 0.3 is 0 Å². The van der Waals surface area contributed by atoms with Crippen molar-refractivity contribution in [2.24, 2.45) is 0 Å². The van der Waals surface area contributed by atoms with E-state index in [1.54, 1.807) is 57.4 Å². The predicted octanol–water partition coefficient (Wildman–Crippen LogP) is 4.81. The highest BCUT2D eigenvalue weighted by Gasteiger charge is 2.24. The maximum Gasteiger partial charge on any atom is 0.243 e. The van der Waals surface area contributed by atoms with Gasteiger partial charge in [-0.1, -0.05) is 37.7 Å². The summed E-state index contributed by atoms with van der Waals surface area (Å²) in [7, 11) is 0.979. The standard InChI is InChI=1S/C28H32N4O6S2/c1-6-31(7-2)40(34,35)22-12-13-24-23(17-22)30-28(32(24)25-10-8-9-11-26(25)38-5)39-18-27(33)29-19-14-20(36-3)16-21(15-19)37-4/h8-17H,6-7,18H2,1-5H3,(H,29,33). The Labute approximate surface area is 238 Å². The number of hydrogen-bond donors (Lipinski definition) is 1. The Morgan fingerprint density at radius 3 is 2.25 bits per heavy atom. The Morgan fingerprint density at radius 1 is 0.950 bits per heavy atom. The Morgan fingerprint density at radius 2 is 1.62 bits per heavy atom. The van der Waals surface area contributed by atoms with Crippen molar-refractivity contribution in [2.45, 2.75) is 23.9 Å². The maximum absolute atomic E-state index is 13.2. The molecule has 1 heterocycles. The van der Waals surface area contributed by atoms with Crippen molar-refractivity contribution in [3.05, 3.63) is 60.7 Å². The lowest BCUT2D eigenvalue weighted by Gasteiger charge is -2.18. The zero-order valence-corrected chi connectivity index (χ0v) is 24.6. The molecule has 212 valence electrons. The number of amides is 1. The third-order valence-corrected chi connectivity index (χ3v) is 9.22. The fraction of sp³-hybridized carbons (Fsp3) is 0.286. The number of anilines is 1. The van der Waals surface area contributed by atoms with Gasteiger partial charge in [0.2, 0.25) is 15.9 Å². The number of methoxy groups -OCH3 is 3. The second-order valence-corrected chi connectivity index (χ2v) is 11.5. The van der Waals surface area contributed by atoms with Gasteiger partial charge in [0.15, 0.2) is 5.16 Å². The first-order valence-electron chi connectivity index (χ1n) is 12.6. The quantitative estimate of drug-likeness (QED) is 0.236. The molecule has 10 nitrogen and oxygen atoms in total. The van der Waals surface area contributed by atoms with Gasteiger partial charge in [0, 0.05) is 37.0 Å². The van der Waals surface area contributed by atoms with Crippen LogP contribution in [0.3, 0.4) is 0 Å². The van der Waals surface area contributed by atoms with Crippen LogP contribution in [0.25, 0.3) is 16.7 Å². The minimum atomic E-state index is -3.68. The van der Waals surface area contributed by atoms with E-state index in [0.29, 0.717) is 57.9 Å². The number of nitrogens with one attached hydrogen (secondary N) is 1. The molecule has 4 rings (SSSR count). The van der Waals surface area contributed by atoms with E-state index < -0.39 is 10.0 Å². The highest BCUT2D eigenvalue weighted by molar-refractivity contribution is 7.99. The molecular formula is C28H32N4O6S2. The van der Waals surface area contributed by atoms with Crippen molar-refractivity contribution in [1.82, 2.24) is 13.9 Å². The molecule has 1 amide bonds. The van der Waals surface area contributed by atoms with Crippen molar-refractivity contribution in [3.8, 4) is 22.9 Å². The number of thioether (sulfide) groups is 1. The Bertz CT molecular complexity index is 1590. The first kappa shape index (κ1) is 29.2. The molecule has 0 fully saturated rings. The van der Waals surface area contributed by atoms with Crippen LogP contribution in [0.4, 0.5) is 5.69 Å². The van der Waals surface area contributed by atoms with Crippen LogP contribution in [-0.4, -0.2) is 68.4 Å². The molecule has 0 saturated heterocycles.